The van der Waals surface area contributed by atoms with Crippen molar-refractivity contribution in [3.05, 3.63) is 83.1 Å². The van der Waals surface area contributed by atoms with Crippen LogP contribution in [0.3, 0.4) is 0 Å². The van der Waals surface area contributed by atoms with Gasteiger partial charge in [0.15, 0.2) is 17.3 Å². The first-order valence-electron chi connectivity index (χ1n) is 11.3. The van der Waals surface area contributed by atoms with E-state index in [0.29, 0.717) is 5.56 Å². The van der Waals surface area contributed by atoms with Gasteiger partial charge in [0.25, 0.3) is 5.91 Å². The Labute approximate surface area is 221 Å². The SMILES string of the molecule is COc1ccc(-c2cc(CC(=Nc3ccccc3C(F)(F)F)NC(=O)c3cn(C)nc3C(F)(F)F)[nH]n2)cc1F. The molecule has 0 saturated carbocycles. The zero-order valence-electron chi connectivity index (χ0n) is 20.7. The summed E-state index contributed by atoms with van der Waals surface area (Å²) in [6.07, 6.45) is -9.33. The van der Waals surface area contributed by atoms with Crippen molar-refractivity contribution < 1.29 is 40.3 Å². The highest BCUT2D eigenvalue weighted by atomic mass is 19.4. The molecule has 0 unspecified atom stereocenters. The Balaban J connectivity index is 1.71. The summed E-state index contributed by atoms with van der Waals surface area (Å²) in [4.78, 5) is 16.8. The number of carbonyl (C=O) groups excluding carboxylic acids is 1. The molecule has 0 fully saturated rings. The van der Waals surface area contributed by atoms with Crippen molar-refractivity contribution in [1.82, 2.24) is 25.3 Å². The van der Waals surface area contributed by atoms with Crippen LogP contribution in [0.2, 0.25) is 0 Å². The molecule has 4 rings (SSSR count). The average Bonchev–Trinajstić information content (AvgIpc) is 3.50. The van der Waals surface area contributed by atoms with Crippen LogP contribution in [0.15, 0.2) is 59.7 Å². The van der Waals surface area contributed by atoms with E-state index < -0.39 is 52.4 Å². The van der Waals surface area contributed by atoms with Crippen LogP contribution in [-0.4, -0.2) is 38.8 Å². The number of carbonyl (C=O) groups is 1. The van der Waals surface area contributed by atoms with Crippen LogP contribution >= 0.6 is 0 Å². The third-order valence-corrected chi connectivity index (χ3v) is 5.50. The van der Waals surface area contributed by atoms with Gasteiger partial charge in [-0.25, -0.2) is 9.38 Å². The van der Waals surface area contributed by atoms with E-state index in [2.05, 4.69) is 25.6 Å². The molecule has 40 heavy (non-hydrogen) atoms. The number of amides is 1. The summed E-state index contributed by atoms with van der Waals surface area (Å²) in [7, 11) is 2.47. The van der Waals surface area contributed by atoms with E-state index in [1.54, 1.807) is 0 Å². The number of benzene rings is 2. The first-order valence-corrected chi connectivity index (χ1v) is 11.3. The number of aryl methyl sites for hydroxylation is 1. The van der Waals surface area contributed by atoms with Crippen molar-refractivity contribution in [2.24, 2.45) is 12.0 Å². The number of amidine groups is 1. The van der Waals surface area contributed by atoms with Gasteiger partial charge in [-0.1, -0.05) is 12.1 Å². The molecule has 0 bridgehead atoms. The maximum absolute atomic E-state index is 14.1. The summed E-state index contributed by atoms with van der Waals surface area (Å²) >= 11 is 0. The highest BCUT2D eigenvalue weighted by molar-refractivity contribution is 6.08. The number of hydrogen-bond acceptors (Lipinski definition) is 5. The number of alkyl halides is 6. The number of rotatable bonds is 6. The first kappa shape index (κ1) is 28.3. The van der Waals surface area contributed by atoms with Crippen LogP contribution in [0.4, 0.5) is 36.4 Å². The number of para-hydroxylation sites is 1. The fourth-order valence-corrected chi connectivity index (χ4v) is 3.74. The topological polar surface area (TPSA) is 97.2 Å². The first-order chi connectivity index (χ1) is 18.8. The normalized spacial score (nSPS) is 12.5. The van der Waals surface area contributed by atoms with Gasteiger partial charge in [-0.05, 0) is 36.4 Å². The Kier molecular flexibility index (Phi) is 7.66. The van der Waals surface area contributed by atoms with Crippen molar-refractivity contribution in [2.45, 2.75) is 18.8 Å². The molecule has 0 saturated heterocycles. The summed E-state index contributed by atoms with van der Waals surface area (Å²) in [5.41, 5.74) is -3.27. The van der Waals surface area contributed by atoms with Gasteiger partial charge in [-0.2, -0.15) is 36.5 Å². The Morgan fingerprint density at radius 1 is 1.07 bits per heavy atom. The molecule has 4 aromatic rings. The molecule has 210 valence electrons. The van der Waals surface area contributed by atoms with Crippen molar-refractivity contribution in [2.75, 3.05) is 7.11 Å². The largest absolute Gasteiger partial charge is 0.494 e. The van der Waals surface area contributed by atoms with Crippen molar-refractivity contribution in [1.29, 1.82) is 0 Å². The molecule has 2 heterocycles. The minimum absolute atomic E-state index is 0.00593. The molecule has 2 aromatic heterocycles. The zero-order valence-corrected chi connectivity index (χ0v) is 20.7. The van der Waals surface area contributed by atoms with E-state index in [1.807, 2.05) is 0 Å². The van der Waals surface area contributed by atoms with Gasteiger partial charge in [0.1, 0.15) is 5.84 Å². The van der Waals surface area contributed by atoms with Crippen LogP contribution in [0.5, 0.6) is 5.75 Å². The highest BCUT2D eigenvalue weighted by Crippen LogP contribution is 2.36. The number of ether oxygens (including phenoxy) is 1. The fourth-order valence-electron chi connectivity index (χ4n) is 3.74. The molecule has 0 aliphatic heterocycles. The lowest BCUT2D eigenvalue weighted by Gasteiger charge is -2.13. The van der Waals surface area contributed by atoms with Crippen LogP contribution in [0.25, 0.3) is 11.3 Å². The summed E-state index contributed by atoms with van der Waals surface area (Å²) in [5.74, 6) is -2.39. The summed E-state index contributed by atoms with van der Waals surface area (Å²) in [5, 5.41) is 12.1. The number of methoxy groups -OCH3 is 1. The fraction of sp³-hybridized carbons (Fsp3) is 0.200. The number of hydrogen-bond donors (Lipinski definition) is 2. The van der Waals surface area contributed by atoms with E-state index in [9.17, 15) is 35.5 Å². The number of nitrogens with zero attached hydrogens (tertiary/aromatic N) is 4. The minimum atomic E-state index is -4.97. The monoisotopic (exact) mass is 568 g/mol. The molecule has 2 N–H and O–H groups in total. The molecule has 8 nitrogen and oxygen atoms in total. The quantitative estimate of drug-likeness (QED) is 0.177. The standard InChI is InChI=1S/C25H19F7N6O2/c1-38-12-15(22(37-38)25(30,31)32)23(39)34-21(33-18-6-4-3-5-16(18)24(27,28)29)11-14-10-19(36-35-14)13-7-8-20(40-2)17(26)9-13/h3-10,12H,11H2,1-2H3,(H,35,36)(H,33,34,39). The molecular weight excluding hydrogens is 549 g/mol. The molecule has 1 amide bonds. The summed E-state index contributed by atoms with van der Waals surface area (Å²) in [6, 6.07) is 9.68. The lowest BCUT2D eigenvalue weighted by atomic mass is 10.1. The molecule has 0 aliphatic carbocycles. The van der Waals surface area contributed by atoms with Gasteiger partial charge >= 0.3 is 12.4 Å². The van der Waals surface area contributed by atoms with E-state index in [4.69, 9.17) is 4.74 Å². The second-order valence-corrected chi connectivity index (χ2v) is 8.39. The van der Waals surface area contributed by atoms with Gasteiger partial charge < -0.3 is 10.1 Å². The molecule has 15 heteroatoms. The van der Waals surface area contributed by atoms with Gasteiger partial charge in [0.05, 0.1) is 29.6 Å². The summed E-state index contributed by atoms with van der Waals surface area (Å²) in [6.45, 7) is 0. The van der Waals surface area contributed by atoms with E-state index in [1.165, 1.54) is 38.4 Å². The van der Waals surface area contributed by atoms with E-state index in [-0.39, 0.29) is 23.6 Å². The number of H-pyrrole nitrogens is 1. The lowest BCUT2D eigenvalue weighted by molar-refractivity contribution is -0.141. The third-order valence-electron chi connectivity index (χ3n) is 5.50. The average molecular weight is 568 g/mol. The maximum Gasteiger partial charge on any atom is 0.435 e. The zero-order chi connectivity index (χ0) is 29.2. The molecule has 0 radical (unpaired) electrons. The highest BCUT2D eigenvalue weighted by Gasteiger charge is 2.39. The van der Waals surface area contributed by atoms with Crippen molar-refractivity contribution in [3.8, 4) is 17.0 Å². The smallest absolute Gasteiger partial charge is 0.435 e. The Morgan fingerprint density at radius 2 is 1.80 bits per heavy atom. The number of aromatic amines is 1. The Bertz CT molecular complexity index is 1570. The van der Waals surface area contributed by atoms with Gasteiger partial charge in [-0.3, -0.25) is 14.6 Å². The second-order valence-electron chi connectivity index (χ2n) is 8.39. The van der Waals surface area contributed by atoms with Crippen LogP contribution in [-0.2, 0) is 25.8 Å². The Morgan fingerprint density at radius 3 is 2.45 bits per heavy atom. The lowest BCUT2D eigenvalue weighted by Crippen LogP contribution is -2.33. The second kappa shape index (κ2) is 10.8. The maximum atomic E-state index is 14.1. The minimum Gasteiger partial charge on any atom is -0.494 e. The molecular formula is C25H19F7N6O2. The molecule has 0 aliphatic rings. The van der Waals surface area contributed by atoms with Crippen LogP contribution in [0, 0.1) is 5.82 Å². The van der Waals surface area contributed by atoms with Gasteiger partial charge in [-0.15, -0.1) is 0 Å². The number of aromatic nitrogens is 4. The third kappa shape index (κ3) is 6.30. The van der Waals surface area contributed by atoms with Crippen LogP contribution < -0.4 is 10.1 Å². The molecule has 2 aromatic carbocycles. The Hall–Kier alpha value is -4.69. The van der Waals surface area contributed by atoms with Crippen LogP contribution in [0.1, 0.15) is 27.3 Å². The molecule has 0 spiro atoms. The van der Waals surface area contributed by atoms with Gasteiger partial charge in [0, 0.05) is 30.9 Å². The van der Waals surface area contributed by atoms with E-state index in [0.717, 1.165) is 35.1 Å². The number of halogens is 7. The van der Waals surface area contributed by atoms with Crippen molar-refractivity contribution in [3.63, 3.8) is 0 Å². The molecule has 0 atom stereocenters. The van der Waals surface area contributed by atoms with Crippen molar-refractivity contribution >= 4 is 17.4 Å². The number of aliphatic imine (C=N–C) groups is 1. The number of nitrogens with one attached hydrogen (secondary N) is 2. The predicted octanol–water partition coefficient (Wildman–Crippen LogP) is 5.70. The van der Waals surface area contributed by atoms with E-state index >= 15 is 0 Å². The van der Waals surface area contributed by atoms with Gasteiger partial charge in [0.2, 0.25) is 0 Å². The summed E-state index contributed by atoms with van der Waals surface area (Å²) < 4.78 is 101. The predicted molar refractivity (Wildman–Crippen MR) is 128 cm³/mol.